The Morgan fingerprint density at radius 3 is 3.00 bits per heavy atom. The number of anilines is 1. The number of ether oxygens (including phenoxy) is 1. The van der Waals surface area contributed by atoms with Crippen molar-refractivity contribution in [3.63, 3.8) is 0 Å². The van der Waals surface area contributed by atoms with Crippen LogP contribution in [0.25, 0.3) is 0 Å². The highest BCUT2D eigenvalue weighted by molar-refractivity contribution is 5.50. The summed E-state index contributed by atoms with van der Waals surface area (Å²) in [5.74, 6) is 0.658. The van der Waals surface area contributed by atoms with E-state index in [9.17, 15) is 0 Å². The highest BCUT2D eigenvalue weighted by atomic mass is 16.5. The Morgan fingerprint density at radius 2 is 2.42 bits per heavy atom. The molecule has 0 aliphatic carbocycles. The molecule has 68 valence electrons. The normalized spacial score (nSPS) is 9.92. The summed E-state index contributed by atoms with van der Waals surface area (Å²) in [5.41, 5.74) is 0.960. The molecule has 0 aliphatic heterocycles. The van der Waals surface area contributed by atoms with Crippen LogP contribution in [0.5, 0.6) is 5.88 Å². The maximum absolute atomic E-state index is 5.07. The average Bonchev–Trinajstić information content (AvgIpc) is 2.42. The molecule has 1 aromatic heterocycles. The van der Waals surface area contributed by atoms with Crippen molar-refractivity contribution in [3.8, 4) is 5.88 Å². The molecule has 12 heavy (non-hydrogen) atoms. The van der Waals surface area contributed by atoms with Crippen molar-refractivity contribution >= 4 is 5.69 Å². The van der Waals surface area contributed by atoms with Gasteiger partial charge in [0.1, 0.15) is 5.69 Å². The maximum Gasteiger partial charge on any atom is 0.256 e. The van der Waals surface area contributed by atoms with E-state index in [1.165, 1.54) is 0 Å². The zero-order chi connectivity index (χ0) is 8.97. The van der Waals surface area contributed by atoms with Crippen LogP contribution in [0.1, 0.15) is 13.3 Å². The predicted octanol–water partition coefficient (Wildman–Crippen LogP) is 1.25. The lowest BCUT2D eigenvalue weighted by Gasteiger charge is -2.01. The SMILES string of the molecule is CCCNc1cn(C)nc1OC. The number of rotatable bonds is 4. The molecule has 0 bridgehead atoms. The van der Waals surface area contributed by atoms with Crippen LogP contribution in [0.2, 0.25) is 0 Å². The lowest BCUT2D eigenvalue weighted by atomic mass is 10.4. The van der Waals surface area contributed by atoms with E-state index >= 15 is 0 Å². The van der Waals surface area contributed by atoms with Gasteiger partial charge in [-0.3, -0.25) is 4.68 Å². The van der Waals surface area contributed by atoms with Crippen LogP contribution in [0, 0.1) is 0 Å². The highest BCUT2D eigenvalue weighted by Crippen LogP contribution is 2.20. The van der Waals surface area contributed by atoms with E-state index in [1.54, 1.807) is 11.8 Å². The molecule has 1 rings (SSSR count). The van der Waals surface area contributed by atoms with Crippen LogP contribution < -0.4 is 10.1 Å². The van der Waals surface area contributed by atoms with E-state index < -0.39 is 0 Å². The van der Waals surface area contributed by atoms with Crippen molar-refractivity contribution in [3.05, 3.63) is 6.20 Å². The molecule has 0 saturated heterocycles. The molecule has 0 saturated carbocycles. The highest BCUT2D eigenvalue weighted by Gasteiger charge is 2.05. The zero-order valence-electron chi connectivity index (χ0n) is 7.79. The minimum Gasteiger partial charge on any atom is -0.478 e. The van der Waals surface area contributed by atoms with Gasteiger partial charge in [0, 0.05) is 13.6 Å². The number of hydrogen-bond donors (Lipinski definition) is 1. The fourth-order valence-corrected chi connectivity index (χ4v) is 1.000. The molecule has 4 heteroatoms. The fraction of sp³-hybridized carbons (Fsp3) is 0.625. The van der Waals surface area contributed by atoms with Gasteiger partial charge in [-0.05, 0) is 6.42 Å². The summed E-state index contributed by atoms with van der Waals surface area (Å²) >= 11 is 0. The molecule has 1 heterocycles. The van der Waals surface area contributed by atoms with E-state index in [-0.39, 0.29) is 0 Å². The summed E-state index contributed by atoms with van der Waals surface area (Å²) in [6.07, 6.45) is 3.01. The first kappa shape index (κ1) is 8.90. The van der Waals surface area contributed by atoms with Crippen LogP contribution in [-0.4, -0.2) is 23.4 Å². The molecule has 1 aromatic rings. The van der Waals surface area contributed by atoms with Crippen LogP contribution >= 0.6 is 0 Å². The largest absolute Gasteiger partial charge is 0.478 e. The second-order valence-corrected chi connectivity index (χ2v) is 2.65. The minimum absolute atomic E-state index is 0.658. The minimum atomic E-state index is 0.658. The zero-order valence-corrected chi connectivity index (χ0v) is 7.79. The smallest absolute Gasteiger partial charge is 0.256 e. The summed E-state index contributed by atoms with van der Waals surface area (Å²) in [4.78, 5) is 0. The van der Waals surface area contributed by atoms with Crippen LogP contribution in [0.3, 0.4) is 0 Å². The molecule has 1 N–H and O–H groups in total. The van der Waals surface area contributed by atoms with Gasteiger partial charge < -0.3 is 10.1 Å². The molecule has 0 atom stereocenters. The molecule has 0 aromatic carbocycles. The third-order valence-corrected chi connectivity index (χ3v) is 1.55. The van der Waals surface area contributed by atoms with Gasteiger partial charge >= 0.3 is 0 Å². The second kappa shape index (κ2) is 3.99. The quantitative estimate of drug-likeness (QED) is 0.737. The number of aromatic nitrogens is 2. The van der Waals surface area contributed by atoms with E-state index in [4.69, 9.17) is 4.74 Å². The third kappa shape index (κ3) is 1.90. The van der Waals surface area contributed by atoms with E-state index in [0.717, 1.165) is 18.7 Å². The molecule has 0 fully saturated rings. The lowest BCUT2D eigenvalue weighted by Crippen LogP contribution is -1.99. The number of nitrogens with zero attached hydrogens (tertiary/aromatic N) is 2. The molecule has 0 spiro atoms. The van der Waals surface area contributed by atoms with Crippen molar-refractivity contribution in [2.45, 2.75) is 13.3 Å². The lowest BCUT2D eigenvalue weighted by molar-refractivity contribution is 0.393. The molecule has 0 aliphatic rings. The number of nitrogens with one attached hydrogen (secondary N) is 1. The maximum atomic E-state index is 5.07. The topological polar surface area (TPSA) is 39.1 Å². The van der Waals surface area contributed by atoms with Gasteiger partial charge in [-0.25, -0.2) is 0 Å². The number of methoxy groups -OCH3 is 1. The van der Waals surface area contributed by atoms with Crippen molar-refractivity contribution in [2.75, 3.05) is 19.0 Å². The van der Waals surface area contributed by atoms with E-state index in [1.807, 2.05) is 13.2 Å². The van der Waals surface area contributed by atoms with Gasteiger partial charge in [0.15, 0.2) is 0 Å². The molecule has 0 amide bonds. The van der Waals surface area contributed by atoms with Crippen molar-refractivity contribution < 1.29 is 4.74 Å². The Bertz CT molecular complexity index is 244. The fourth-order valence-electron chi connectivity index (χ4n) is 1.000. The van der Waals surface area contributed by atoms with E-state index in [0.29, 0.717) is 5.88 Å². The monoisotopic (exact) mass is 169 g/mol. The first-order valence-corrected chi connectivity index (χ1v) is 4.09. The second-order valence-electron chi connectivity index (χ2n) is 2.65. The molecule has 0 radical (unpaired) electrons. The predicted molar refractivity (Wildman–Crippen MR) is 48.5 cm³/mol. The van der Waals surface area contributed by atoms with Gasteiger partial charge in [-0.15, -0.1) is 5.10 Å². The van der Waals surface area contributed by atoms with Crippen LogP contribution in [0.4, 0.5) is 5.69 Å². The first-order chi connectivity index (χ1) is 5.77. The molecule has 4 nitrogen and oxygen atoms in total. The summed E-state index contributed by atoms with van der Waals surface area (Å²) in [6, 6.07) is 0. The average molecular weight is 169 g/mol. The van der Waals surface area contributed by atoms with Crippen molar-refractivity contribution in [1.82, 2.24) is 9.78 Å². The summed E-state index contributed by atoms with van der Waals surface area (Å²) in [6.45, 7) is 3.07. The van der Waals surface area contributed by atoms with Crippen LogP contribution in [-0.2, 0) is 7.05 Å². The van der Waals surface area contributed by atoms with Gasteiger partial charge in [-0.1, -0.05) is 6.92 Å². The van der Waals surface area contributed by atoms with E-state index in [2.05, 4.69) is 17.3 Å². The molecular formula is C8H15N3O. The van der Waals surface area contributed by atoms with Gasteiger partial charge in [0.05, 0.1) is 13.3 Å². The number of aryl methyl sites for hydroxylation is 1. The summed E-state index contributed by atoms with van der Waals surface area (Å²) in [5, 5.41) is 7.34. The third-order valence-electron chi connectivity index (χ3n) is 1.55. The first-order valence-electron chi connectivity index (χ1n) is 4.09. The number of hydrogen-bond acceptors (Lipinski definition) is 3. The molecule has 0 unspecified atom stereocenters. The van der Waals surface area contributed by atoms with Crippen molar-refractivity contribution in [1.29, 1.82) is 0 Å². The Morgan fingerprint density at radius 1 is 1.67 bits per heavy atom. The van der Waals surface area contributed by atoms with Crippen LogP contribution in [0.15, 0.2) is 6.20 Å². The van der Waals surface area contributed by atoms with Gasteiger partial charge in [0.2, 0.25) is 0 Å². The van der Waals surface area contributed by atoms with Gasteiger partial charge in [-0.2, -0.15) is 0 Å². The Kier molecular flexibility index (Phi) is 2.96. The molecular weight excluding hydrogens is 154 g/mol. The summed E-state index contributed by atoms with van der Waals surface area (Å²) < 4.78 is 6.80. The standard InChI is InChI=1S/C8H15N3O/c1-4-5-9-7-6-11(2)10-8(7)12-3/h6,9H,4-5H2,1-3H3. The Labute approximate surface area is 72.5 Å². The van der Waals surface area contributed by atoms with Gasteiger partial charge in [0.25, 0.3) is 5.88 Å². The Balaban J connectivity index is 2.68. The van der Waals surface area contributed by atoms with Crippen molar-refractivity contribution in [2.24, 2.45) is 7.05 Å². The Hall–Kier alpha value is -1.19. The summed E-state index contributed by atoms with van der Waals surface area (Å²) in [7, 11) is 3.50.